The van der Waals surface area contributed by atoms with Gasteiger partial charge in [-0.25, -0.2) is 4.79 Å². The number of rotatable bonds is 8. The second kappa shape index (κ2) is 9.61. The van der Waals surface area contributed by atoms with Crippen LogP contribution in [0.15, 0.2) is 0 Å². The molecule has 4 N–H and O–H groups in total. The van der Waals surface area contributed by atoms with Gasteiger partial charge in [0, 0.05) is 33.6 Å². The Morgan fingerprint density at radius 1 is 1.16 bits per heavy atom. The first kappa shape index (κ1) is 17.7. The summed E-state index contributed by atoms with van der Waals surface area (Å²) in [5, 5.41) is 5.47. The van der Waals surface area contributed by atoms with Gasteiger partial charge in [0.2, 0.25) is 5.91 Å². The molecule has 0 saturated carbocycles. The average Bonchev–Trinajstić information content (AvgIpc) is 2.32. The number of nitrogens with zero attached hydrogens (tertiary/aromatic N) is 1. The summed E-state index contributed by atoms with van der Waals surface area (Å²) in [4.78, 5) is 24.4. The van der Waals surface area contributed by atoms with Crippen LogP contribution in [0.25, 0.3) is 0 Å². The monoisotopic (exact) mass is 272 g/mol. The lowest BCUT2D eigenvalue weighted by Crippen LogP contribution is -2.40. The molecule has 1 atom stereocenters. The van der Waals surface area contributed by atoms with Gasteiger partial charge in [-0.05, 0) is 24.8 Å². The first-order chi connectivity index (χ1) is 8.86. The molecule has 0 bridgehead atoms. The number of carbonyl (C=O) groups excluding carboxylic acids is 2. The van der Waals surface area contributed by atoms with Gasteiger partial charge >= 0.3 is 6.03 Å². The van der Waals surface area contributed by atoms with Crippen molar-refractivity contribution in [3.63, 3.8) is 0 Å². The molecule has 0 unspecified atom stereocenters. The number of hydrogen-bond acceptors (Lipinski definition) is 3. The molecule has 0 aromatic carbocycles. The van der Waals surface area contributed by atoms with Crippen molar-refractivity contribution in [2.45, 2.75) is 26.7 Å². The molecule has 0 rings (SSSR count). The third-order valence-corrected chi connectivity index (χ3v) is 2.74. The van der Waals surface area contributed by atoms with Gasteiger partial charge in [0.05, 0.1) is 0 Å². The zero-order chi connectivity index (χ0) is 14.8. The standard InChI is InChI=1S/C13H28N4O2/c1-10(2)7-11(9-14)8-12(18)15-5-6-16-13(19)17(3)4/h10-11H,5-9,14H2,1-4H3,(H,15,18)(H,16,19)/t11-/m0/s1. The lowest BCUT2D eigenvalue weighted by molar-refractivity contribution is -0.122. The van der Waals surface area contributed by atoms with E-state index in [9.17, 15) is 9.59 Å². The highest BCUT2D eigenvalue weighted by Gasteiger charge is 2.13. The lowest BCUT2D eigenvalue weighted by Gasteiger charge is -2.17. The van der Waals surface area contributed by atoms with Gasteiger partial charge < -0.3 is 21.3 Å². The Labute approximate surface area is 116 Å². The van der Waals surface area contributed by atoms with Crippen molar-refractivity contribution >= 4 is 11.9 Å². The fraction of sp³-hybridized carbons (Fsp3) is 0.846. The van der Waals surface area contributed by atoms with Crippen molar-refractivity contribution in [2.24, 2.45) is 17.6 Å². The minimum atomic E-state index is -0.158. The van der Waals surface area contributed by atoms with Crippen LogP contribution < -0.4 is 16.4 Å². The summed E-state index contributed by atoms with van der Waals surface area (Å²) in [5.74, 6) is 0.771. The molecule has 0 aromatic rings. The van der Waals surface area contributed by atoms with Gasteiger partial charge in [-0.1, -0.05) is 13.8 Å². The number of hydrogen-bond donors (Lipinski definition) is 3. The summed E-state index contributed by atoms with van der Waals surface area (Å²) in [7, 11) is 3.34. The molecule has 6 nitrogen and oxygen atoms in total. The van der Waals surface area contributed by atoms with Crippen LogP contribution in [-0.4, -0.2) is 50.6 Å². The maximum Gasteiger partial charge on any atom is 0.316 e. The van der Waals surface area contributed by atoms with E-state index in [-0.39, 0.29) is 17.9 Å². The number of nitrogens with one attached hydrogen (secondary N) is 2. The third-order valence-electron chi connectivity index (χ3n) is 2.74. The molecule has 3 amide bonds. The minimum Gasteiger partial charge on any atom is -0.354 e. The summed E-state index contributed by atoms with van der Waals surface area (Å²) < 4.78 is 0. The predicted molar refractivity (Wildman–Crippen MR) is 76.7 cm³/mol. The largest absolute Gasteiger partial charge is 0.354 e. The van der Waals surface area contributed by atoms with Gasteiger partial charge in [-0.15, -0.1) is 0 Å². The van der Waals surface area contributed by atoms with Gasteiger partial charge in [-0.2, -0.15) is 0 Å². The molecule has 112 valence electrons. The summed E-state index contributed by atoms with van der Waals surface area (Å²) in [6.45, 7) is 5.65. The summed E-state index contributed by atoms with van der Waals surface area (Å²) in [6.07, 6.45) is 1.41. The van der Waals surface area contributed by atoms with Crippen LogP contribution >= 0.6 is 0 Å². The summed E-state index contributed by atoms with van der Waals surface area (Å²) in [5.41, 5.74) is 5.65. The van der Waals surface area contributed by atoms with E-state index in [1.165, 1.54) is 4.90 Å². The smallest absolute Gasteiger partial charge is 0.316 e. The maximum absolute atomic E-state index is 11.7. The lowest BCUT2D eigenvalue weighted by atomic mass is 9.94. The minimum absolute atomic E-state index is 0.00444. The Morgan fingerprint density at radius 3 is 2.21 bits per heavy atom. The quantitative estimate of drug-likeness (QED) is 0.558. The van der Waals surface area contributed by atoms with Crippen LogP contribution in [0.1, 0.15) is 26.7 Å². The first-order valence-corrected chi connectivity index (χ1v) is 6.78. The molecular weight excluding hydrogens is 244 g/mol. The summed E-state index contributed by atoms with van der Waals surface area (Å²) >= 11 is 0. The van der Waals surface area contributed by atoms with E-state index in [1.807, 2.05) is 0 Å². The second-order valence-electron chi connectivity index (χ2n) is 5.41. The Kier molecular flexibility index (Phi) is 8.95. The van der Waals surface area contributed by atoms with E-state index in [0.29, 0.717) is 32.0 Å². The van der Waals surface area contributed by atoms with E-state index in [4.69, 9.17) is 5.73 Å². The first-order valence-electron chi connectivity index (χ1n) is 6.78. The second-order valence-corrected chi connectivity index (χ2v) is 5.41. The molecule has 0 aliphatic carbocycles. The van der Waals surface area contributed by atoms with Crippen molar-refractivity contribution in [3.05, 3.63) is 0 Å². The van der Waals surface area contributed by atoms with E-state index in [2.05, 4.69) is 24.5 Å². The van der Waals surface area contributed by atoms with Crippen molar-refractivity contribution in [2.75, 3.05) is 33.7 Å². The van der Waals surface area contributed by atoms with Gasteiger partial charge in [0.15, 0.2) is 0 Å². The Bertz CT molecular complexity index is 280. The van der Waals surface area contributed by atoms with Crippen molar-refractivity contribution in [3.8, 4) is 0 Å². The highest BCUT2D eigenvalue weighted by molar-refractivity contribution is 5.76. The fourth-order valence-electron chi connectivity index (χ4n) is 1.79. The van der Waals surface area contributed by atoms with Crippen molar-refractivity contribution in [1.82, 2.24) is 15.5 Å². The molecule has 0 aromatic heterocycles. The van der Waals surface area contributed by atoms with Crippen LogP contribution in [-0.2, 0) is 4.79 Å². The number of carbonyl (C=O) groups is 2. The molecule has 0 radical (unpaired) electrons. The van der Waals surface area contributed by atoms with Gasteiger partial charge in [-0.3, -0.25) is 4.79 Å². The maximum atomic E-state index is 11.7. The molecule has 0 aliphatic heterocycles. The van der Waals surface area contributed by atoms with Crippen molar-refractivity contribution in [1.29, 1.82) is 0 Å². The highest BCUT2D eigenvalue weighted by atomic mass is 16.2. The van der Waals surface area contributed by atoms with Crippen LogP contribution in [0.5, 0.6) is 0 Å². The Morgan fingerprint density at radius 2 is 1.74 bits per heavy atom. The Balaban J connectivity index is 3.77. The van der Waals surface area contributed by atoms with Crippen molar-refractivity contribution < 1.29 is 9.59 Å². The molecule has 0 heterocycles. The zero-order valence-electron chi connectivity index (χ0n) is 12.5. The molecule has 0 aliphatic rings. The van der Waals surface area contributed by atoms with Crippen LogP contribution in [0.3, 0.4) is 0 Å². The highest BCUT2D eigenvalue weighted by Crippen LogP contribution is 2.13. The molecule has 0 saturated heterocycles. The molecule has 6 heteroatoms. The van der Waals surface area contributed by atoms with E-state index in [1.54, 1.807) is 14.1 Å². The van der Waals surface area contributed by atoms with Crippen LogP contribution in [0.4, 0.5) is 4.79 Å². The van der Waals surface area contributed by atoms with Crippen LogP contribution in [0.2, 0.25) is 0 Å². The predicted octanol–water partition coefficient (Wildman–Crippen LogP) is 0.385. The fourth-order valence-corrected chi connectivity index (χ4v) is 1.79. The van der Waals surface area contributed by atoms with E-state index < -0.39 is 0 Å². The van der Waals surface area contributed by atoms with Gasteiger partial charge in [0.25, 0.3) is 0 Å². The molecule has 0 spiro atoms. The number of amides is 3. The molecule has 0 fully saturated rings. The number of nitrogens with two attached hydrogens (primary N) is 1. The zero-order valence-corrected chi connectivity index (χ0v) is 12.5. The Hall–Kier alpha value is -1.30. The average molecular weight is 272 g/mol. The van der Waals surface area contributed by atoms with E-state index >= 15 is 0 Å². The van der Waals surface area contributed by atoms with Crippen LogP contribution in [0, 0.1) is 11.8 Å². The third kappa shape index (κ3) is 9.30. The normalized spacial score (nSPS) is 12.1. The molecular formula is C13H28N4O2. The molecule has 19 heavy (non-hydrogen) atoms. The van der Waals surface area contributed by atoms with Gasteiger partial charge in [0.1, 0.15) is 0 Å². The summed E-state index contributed by atoms with van der Waals surface area (Å²) in [6, 6.07) is -0.158. The number of urea groups is 1. The van der Waals surface area contributed by atoms with E-state index in [0.717, 1.165) is 6.42 Å². The SMILES string of the molecule is CC(C)C[C@H](CN)CC(=O)NCCNC(=O)N(C)C. The topological polar surface area (TPSA) is 87.5 Å².